The molecule has 0 saturated carbocycles. The first kappa shape index (κ1) is 14.5. The number of hydrogen-bond donors (Lipinski definition) is 2. The molecule has 1 atom stereocenters. The van der Waals surface area contributed by atoms with Crippen molar-refractivity contribution < 1.29 is 9.18 Å². The third kappa shape index (κ3) is 4.05. The molecule has 4 nitrogen and oxygen atoms in total. The molecule has 0 spiro atoms. The van der Waals surface area contributed by atoms with Crippen molar-refractivity contribution in [3.63, 3.8) is 0 Å². The molecule has 2 aromatic rings. The van der Waals surface area contributed by atoms with Crippen molar-refractivity contribution in [3.05, 3.63) is 59.9 Å². The van der Waals surface area contributed by atoms with Crippen LogP contribution in [0.4, 0.5) is 15.8 Å². The molecule has 0 aliphatic carbocycles. The Labute approximate surface area is 122 Å². The van der Waals surface area contributed by atoms with E-state index in [-0.39, 0.29) is 11.7 Å². The van der Waals surface area contributed by atoms with E-state index in [4.69, 9.17) is 5.26 Å². The van der Waals surface area contributed by atoms with E-state index in [1.807, 2.05) is 6.07 Å². The van der Waals surface area contributed by atoms with Gasteiger partial charge in [0.15, 0.2) is 0 Å². The minimum Gasteiger partial charge on any atom is -0.374 e. The Balaban J connectivity index is 1.95. The van der Waals surface area contributed by atoms with Crippen molar-refractivity contribution in [2.24, 2.45) is 0 Å². The summed E-state index contributed by atoms with van der Waals surface area (Å²) in [5.74, 6) is -0.542. The largest absolute Gasteiger partial charge is 0.374 e. The van der Waals surface area contributed by atoms with Gasteiger partial charge in [0.05, 0.1) is 11.6 Å². The van der Waals surface area contributed by atoms with Crippen molar-refractivity contribution in [2.75, 3.05) is 10.6 Å². The average Bonchev–Trinajstić information content (AvgIpc) is 2.50. The molecule has 0 aliphatic rings. The Morgan fingerprint density at radius 1 is 1.10 bits per heavy atom. The van der Waals surface area contributed by atoms with Crippen LogP contribution >= 0.6 is 0 Å². The highest BCUT2D eigenvalue weighted by atomic mass is 19.1. The van der Waals surface area contributed by atoms with Gasteiger partial charge in [0.1, 0.15) is 11.9 Å². The maximum Gasteiger partial charge on any atom is 0.246 e. The number of carbonyl (C=O) groups excluding carboxylic acids is 1. The molecule has 0 radical (unpaired) electrons. The smallest absolute Gasteiger partial charge is 0.246 e. The van der Waals surface area contributed by atoms with Gasteiger partial charge in [-0.3, -0.25) is 4.79 Å². The van der Waals surface area contributed by atoms with E-state index in [2.05, 4.69) is 10.6 Å². The Morgan fingerprint density at radius 3 is 2.24 bits per heavy atom. The van der Waals surface area contributed by atoms with Crippen LogP contribution in [-0.2, 0) is 4.79 Å². The molecular weight excluding hydrogens is 269 g/mol. The molecule has 0 saturated heterocycles. The highest BCUT2D eigenvalue weighted by molar-refractivity contribution is 5.96. The van der Waals surface area contributed by atoms with Gasteiger partial charge >= 0.3 is 0 Å². The molecule has 0 aliphatic heterocycles. The van der Waals surface area contributed by atoms with Crippen LogP contribution in [-0.4, -0.2) is 11.9 Å². The first-order chi connectivity index (χ1) is 10.1. The fraction of sp³-hybridized carbons (Fsp3) is 0.125. The average molecular weight is 283 g/mol. The second-order valence-corrected chi connectivity index (χ2v) is 4.55. The van der Waals surface area contributed by atoms with Crippen LogP contribution in [0, 0.1) is 17.1 Å². The summed E-state index contributed by atoms with van der Waals surface area (Å²) in [4.78, 5) is 12.0. The third-order valence-corrected chi connectivity index (χ3v) is 2.90. The van der Waals surface area contributed by atoms with Crippen molar-refractivity contribution in [1.29, 1.82) is 5.26 Å². The standard InChI is InChI=1S/C16H14FN3O/c1-11(19-14-8-4-13(17)5-9-14)16(21)20-15-6-2-12(10-18)3-7-15/h2-9,11,19H,1H3,(H,20,21)/t11-/m1/s1. The number of benzene rings is 2. The molecular formula is C16H14FN3O. The predicted octanol–water partition coefficient (Wildman–Crippen LogP) is 3.14. The van der Waals surface area contributed by atoms with E-state index in [1.54, 1.807) is 43.3 Å². The van der Waals surface area contributed by atoms with Gasteiger partial charge in [-0.15, -0.1) is 0 Å². The summed E-state index contributed by atoms with van der Waals surface area (Å²) in [5, 5.41) is 14.4. The van der Waals surface area contributed by atoms with Crippen molar-refractivity contribution in [1.82, 2.24) is 0 Å². The Kier molecular flexibility index (Phi) is 4.52. The summed E-state index contributed by atoms with van der Waals surface area (Å²) in [6.07, 6.45) is 0. The van der Waals surface area contributed by atoms with Crippen LogP contribution in [0.5, 0.6) is 0 Å². The SMILES string of the molecule is C[C@@H](Nc1ccc(F)cc1)C(=O)Nc1ccc(C#N)cc1. The molecule has 0 aromatic heterocycles. The second-order valence-electron chi connectivity index (χ2n) is 4.55. The van der Waals surface area contributed by atoms with Crippen LogP contribution in [0.1, 0.15) is 12.5 Å². The van der Waals surface area contributed by atoms with E-state index in [9.17, 15) is 9.18 Å². The second kappa shape index (κ2) is 6.53. The number of halogens is 1. The van der Waals surface area contributed by atoms with Crippen LogP contribution in [0.15, 0.2) is 48.5 Å². The van der Waals surface area contributed by atoms with E-state index in [0.717, 1.165) is 0 Å². The number of rotatable bonds is 4. The monoisotopic (exact) mass is 283 g/mol. The number of hydrogen-bond acceptors (Lipinski definition) is 3. The van der Waals surface area contributed by atoms with Gasteiger partial charge in [0.2, 0.25) is 5.91 Å². The quantitative estimate of drug-likeness (QED) is 0.906. The number of nitrogens with one attached hydrogen (secondary N) is 2. The lowest BCUT2D eigenvalue weighted by molar-refractivity contribution is -0.116. The zero-order valence-corrected chi connectivity index (χ0v) is 11.4. The molecule has 5 heteroatoms. The molecule has 106 valence electrons. The van der Waals surface area contributed by atoms with E-state index in [1.165, 1.54) is 12.1 Å². The normalized spacial score (nSPS) is 11.3. The molecule has 21 heavy (non-hydrogen) atoms. The van der Waals surface area contributed by atoms with Gasteiger partial charge in [-0.1, -0.05) is 0 Å². The lowest BCUT2D eigenvalue weighted by atomic mass is 10.2. The summed E-state index contributed by atoms with van der Waals surface area (Å²) < 4.78 is 12.8. The molecule has 0 bridgehead atoms. The fourth-order valence-corrected chi connectivity index (χ4v) is 1.74. The predicted molar refractivity (Wildman–Crippen MR) is 79.3 cm³/mol. The van der Waals surface area contributed by atoms with Crippen molar-refractivity contribution >= 4 is 17.3 Å². The van der Waals surface area contributed by atoms with Gasteiger partial charge in [0.25, 0.3) is 0 Å². The summed E-state index contributed by atoms with van der Waals surface area (Å²) >= 11 is 0. The first-order valence-electron chi connectivity index (χ1n) is 6.41. The van der Waals surface area contributed by atoms with Crippen molar-refractivity contribution in [2.45, 2.75) is 13.0 Å². The van der Waals surface area contributed by atoms with Crippen LogP contribution in [0.2, 0.25) is 0 Å². The maximum atomic E-state index is 12.8. The summed E-state index contributed by atoms with van der Waals surface area (Å²) in [6.45, 7) is 1.71. The van der Waals surface area contributed by atoms with Gasteiger partial charge in [0, 0.05) is 11.4 Å². The molecule has 2 aromatic carbocycles. The van der Waals surface area contributed by atoms with Crippen molar-refractivity contribution in [3.8, 4) is 6.07 Å². The Morgan fingerprint density at radius 2 is 1.67 bits per heavy atom. The topological polar surface area (TPSA) is 64.9 Å². The third-order valence-electron chi connectivity index (χ3n) is 2.90. The van der Waals surface area contributed by atoms with Crippen LogP contribution < -0.4 is 10.6 Å². The number of amides is 1. The van der Waals surface area contributed by atoms with E-state index in [0.29, 0.717) is 16.9 Å². The lowest BCUT2D eigenvalue weighted by Crippen LogP contribution is -2.31. The molecule has 0 heterocycles. The molecule has 2 N–H and O–H groups in total. The van der Waals surface area contributed by atoms with Crippen LogP contribution in [0.3, 0.4) is 0 Å². The number of nitriles is 1. The first-order valence-corrected chi connectivity index (χ1v) is 6.41. The number of nitrogens with zero attached hydrogens (tertiary/aromatic N) is 1. The van der Waals surface area contributed by atoms with E-state index >= 15 is 0 Å². The fourth-order valence-electron chi connectivity index (χ4n) is 1.74. The number of anilines is 2. The zero-order valence-electron chi connectivity index (χ0n) is 11.4. The molecule has 0 unspecified atom stereocenters. The van der Waals surface area contributed by atoms with Gasteiger partial charge in [-0.2, -0.15) is 5.26 Å². The summed E-state index contributed by atoms with van der Waals surface area (Å²) in [5.41, 5.74) is 1.82. The maximum absolute atomic E-state index is 12.8. The molecule has 1 amide bonds. The zero-order chi connectivity index (χ0) is 15.2. The summed E-state index contributed by atoms with van der Waals surface area (Å²) in [7, 11) is 0. The van der Waals surface area contributed by atoms with Gasteiger partial charge in [-0.25, -0.2) is 4.39 Å². The van der Waals surface area contributed by atoms with Gasteiger partial charge in [-0.05, 0) is 55.5 Å². The minimum atomic E-state index is -0.480. The van der Waals surface area contributed by atoms with E-state index < -0.39 is 6.04 Å². The summed E-state index contributed by atoms with van der Waals surface area (Å²) in [6, 6.07) is 13.9. The Hall–Kier alpha value is -2.87. The Bertz CT molecular complexity index is 659. The van der Waals surface area contributed by atoms with Gasteiger partial charge < -0.3 is 10.6 Å². The van der Waals surface area contributed by atoms with Crippen LogP contribution in [0.25, 0.3) is 0 Å². The molecule has 0 fully saturated rings. The highest BCUT2D eigenvalue weighted by Gasteiger charge is 2.12. The highest BCUT2D eigenvalue weighted by Crippen LogP contribution is 2.12. The lowest BCUT2D eigenvalue weighted by Gasteiger charge is -2.15. The number of carbonyl (C=O) groups is 1. The molecule has 2 rings (SSSR count). The minimum absolute atomic E-state index is 0.218.